The Balaban J connectivity index is 1.59. The van der Waals surface area contributed by atoms with Gasteiger partial charge in [-0.2, -0.15) is 5.10 Å². The molecule has 39 heavy (non-hydrogen) atoms. The number of hydrazone groups is 1. The molecule has 3 aromatic carbocycles. The molecule has 0 radical (unpaired) electrons. The molecular weight excluding hydrogens is 555 g/mol. The lowest BCUT2D eigenvalue weighted by Gasteiger charge is -2.25. The number of carbonyl (C=O) groups is 1. The molecule has 0 bridgehead atoms. The van der Waals surface area contributed by atoms with Crippen molar-refractivity contribution in [3.8, 4) is 5.69 Å². The Kier molecular flexibility index (Phi) is 8.49. The van der Waals surface area contributed by atoms with Gasteiger partial charge in [0.25, 0.3) is 15.9 Å². The SMILES string of the molecule is Cc1ccc(C)c(N(CC(=O)N/N=C\c2cc(C)n(-c3cccc(Cl)c3Cl)c2C)S(=O)(=O)c2ccccc2)c1. The summed E-state index contributed by atoms with van der Waals surface area (Å²) in [5.41, 5.74) is 7.74. The lowest BCUT2D eigenvalue weighted by Crippen LogP contribution is -2.40. The Morgan fingerprint density at radius 1 is 0.974 bits per heavy atom. The van der Waals surface area contributed by atoms with Crippen molar-refractivity contribution in [2.75, 3.05) is 10.8 Å². The molecule has 0 fully saturated rings. The molecule has 0 saturated carbocycles. The first-order valence-corrected chi connectivity index (χ1v) is 14.3. The minimum atomic E-state index is -4.02. The van der Waals surface area contributed by atoms with Gasteiger partial charge < -0.3 is 4.57 Å². The summed E-state index contributed by atoms with van der Waals surface area (Å²) in [6, 6.07) is 20.8. The van der Waals surface area contributed by atoms with Gasteiger partial charge in [0.1, 0.15) is 6.54 Å². The minimum absolute atomic E-state index is 0.0920. The third kappa shape index (κ3) is 6.03. The quantitative estimate of drug-likeness (QED) is 0.194. The second-order valence-electron chi connectivity index (χ2n) is 9.14. The summed E-state index contributed by atoms with van der Waals surface area (Å²) >= 11 is 12.6. The molecule has 10 heteroatoms. The zero-order valence-corrected chi connectivity index (χ0v) is 24.3. The molecule has 4 aromatic rings. The predicted molar refractivity (Wildman–Crippen MR) is 158 cm³/mol. The summed E-state index contributed by atoms with van der Waals surface area (Å²) in [4.78, 5) is 13.1. The first kappa shape index (κ1) is 28.4. The zero-order chi connectivity index (χ0) is 28.3. The van der Waals surface area contributed by atoms with Crippen molar-refractivity contribution in [1.29, 1.82) is 0 Å². The minimum Gasteiger partial charge on any atom is -0.316 e. The van der Waals surface area contributed by atoms with Gasteiger partial charge in [0.15, 0.2) is 0 Å². The van der Waals surface area contributed by atoms with Crippen LogP contribution in [0.1, 0.15) is 28.1 Å². The van der Waals surface area contributed by atoms with Crippen LogP contribution in [0, 0.1) is 27.7 Å². The molecule has 0 aliphatic carbocycles. The zero-order valence-electron chi connectivity index (χ0n) is 21.9. The fourth-order valence-corrected chi connectivity index (χ4v) is 6.18. The number of sulfonamides is 1. The molecule has 0 unspecified atom stereocenters. The highest BCUT2D eigenvalue weighted by Crippen LogP contribution is 2.31. The molecule has 1 heterocycles. The normalized spacial score (nSPS) is 11.6. The van der Waals surface area contributed by atoms with Crippen LogP contribution in [0.4, 0.5) is 5.69 Å². The second-order valence-corrected chi connectivity index (χ2v) is 11.8. The largest absolute Gasteiger partial charge is 0.316 e. The third-order valence-electron chi connectivity index (χ3n) is 6.29. The summed E-state index contributed by atoms with van der Waals surface area (Å²) in [5.74, 6) is -0.585. The molecule has 1 amide bonds. The van der Waals surface area contributed by atoms with E-state index in [2.05, 4.69) is 10.5 Å². The molecule has 202 valence electrons. The van der Waals surface area contributed by atoms with Crippen molar-refractivity contribution in [3.05, 3.63) is 111 Å². The molecule has 1 aromatic heterocycles. The number of halogens is 2. The van der Waals surface area contributed by atoms with Crippen molar-refractivity contribution >= 4 is 51.0 Å². The van der Waals surface area contributed by atoms with Crippen LogP contribution in [0.3, 0.4) is 0 Å². The maximum atomic E-state index is 13.6. The Bertz CT molecular complexity index is 1670. The average molecular weight is 584 g/mol. The number of hydrogen-bond acceptors (Lipinski definition) is 4. The van der Waals surface area contributed by atoms with Crippen molar-refractivity contribution in [2.24, 2.45) is 5.10 Å². The Morgan fingerprint density at radius 2 is 1.69 bits per heavy atom. The first-order chi connectivity index (χ1) is 18.5. The number of carbonyl (C=O) groups excluding carboxylic acids is 1. The average Bonchev–Trinajstić information content (AvgIpc) is 3.18. The molecule has 0 spiro atoms. The lowest BCUT2D eigenvalue weighted by molar-refractivity contribution is -0.119. The Hall–Kier alpha value is -3.59. The summed E-state index contributed by atoms with van der Waals surface area (Å²) in [7, 11) is -4.02. The summed E-state index contributed by atoms with van der Waals surface area (Å²) in [5, 5.41) is 4.99. The maximum Gasteiger partial charge on any atom is 0.264 e. The maximum absolute atomic E-state index is 13.6. The van der Waals surface area contributed by atoms with E-state index in [0.717, 1.165) is 38.1 Å². The van der Waals surface area contributed by atoms with Gasteiger partial charge in [0, 0.05) is 17.0 Å². The van der Waals surface area contributed by atoms with Crippen LogP contribution in [0.5, 0.6) is 0 Å². The van der Waals surface area contributed by atoms with E-state index in [0.29, 0.717) is 15.7 Å². The second kappa shape index (κ2) is 11.7. The lowest BCUT2D eigenvalue weighted by atomic mass is 10.1. The molecule has 1 N–H and O–H groups in total. The van der Waals surface area contributed by atoms with Crippen molar-refractivity contribution in [1.82, 2.24) is 9.99 Å². The summed E-state index contributed by atoms with van der Waals surface area (Å²) < 4.78 is 30.2. The molecule has 0 aliphatic rings. The number of nitrogens with one attached hydrogen (secondary N) is 1. The van der Waals surface area contributed by atoms with E-state index in [1.165, 1.54) is 18.3 Å². The topological polar surface area (TPSA) is 83.8 Å². The van der Waals surface area contributed by atoms with Gasteiger partial charge in [-0.1, -0.05) is 59.6 Å². The highest BCUT2D eigenvalue weighted by Gasteiger charge is 2.28. The molecular formula is C29H28Cl2N4O3S. The smallest absolute Gasteiger partial charge is 0.264 e. The number of nitrogens with zero attached hydrogens (tertiary/aromatic N) is 3. The predicted octanol–water partition coefficient (Wildman–Crippen LogP) is 6.36. The van der Waals surface area contributed by atoms with Crippen LogP contribution in [0.15, 0.2) is 82.8 Å². The number of hydrogen-bond donors (Lipinski definition) is 1. The summed E-state index contributed by atoms with van der Waals surface area (Å²) in [6.45, 7) is 7.06. The molecule has 7 nitrogen and oxygen atoms in total. The molecule has 0 aliphatic heterocycles. The van der Waals surface area contributed by atoms with Crippen LogP contribution in [0.2, 0.25) is 10.0 Å². The van der Waals surface area contributed by atoms with Gasteiger partial charge >= 0.3 is 0 Å². The molecule has 4 rings (SSSR count). The summed E-state index contributed by atoms with van der Waals surface area (Å²) in [6.07, 6.45) is 1.52. The van der Waals surface area contributed by atoms with Gasteiger partial charge in [0.2, 0.25) is 0 Å². The Labute approximate surface area is 238 Å². The van der Waals surface area contributed by atoms with Gasteiger partial charge in [-0.3, -0.25) is 9.10 Å². The van der Waals surface area contributed by atoms with E-state index in [9.17, 15) is 13.2 Å². The van der Waals surface area contributed by atoms with Crippen LogP contribution in [-0.4, -0.2) is 31.7 Å². The van der Waals surface area contributed by atoms with Gasteiger partial charge in [-0.05, 0) is 75.2 Å². The van der Waals surface area contributed by atoms with E-state index < -0.39 is 22.5 Å². The van der Waals surface area contributed by atoms with E-state index in [4.69, 9.17) is 23.2 Å². The monoisotopic (exact) mass is 582 g/mol. The van der Waals surface area contributed by atoms with Gasteiger partial charge in [-0.25, -0.2) is 13.8 Å². The number of aryl methyl sites for hydroxylation is 3. The van der Waals surface area contributed by atoms with Crippen LogP contribution >= 0.6 is 23.2 Å². The molecule has 0 atom stereocenters. The fraction of sp³-hybridized carbons (Fsp3) is 0.172. The van der Waals surface area contributed by atoms with Crippen molar-refractivity contribution in [3.63, 3.8) is 0 Å². The standard InChI is InChI=1S/C29H28Cl2N4O3S/c1-19-13-14-20(2)27(15-19)34(39(37,38)24-9-6-5-7-10-24)18-28(36)33-32-17-23-16-21(3)35(22(23)4)26-12-8-11-25(30)29(26)31/h5-17H,18H2,1-4H3,(H,33,36)/b32-17-. The number of rotatable bonds is 8. The first-order valence-electron chi connectivity index (χ1n) is 12.1. The molecule has 0 saturated heterocycles. The van der Waals surface area contributed by atoms with Gasteiger partial charge in [-0.15, -0.1) is 0 Å². The van der Waals surface area contributed by atoms with Crippen molar-refractivity contribution in [2.45, 2.75) is 32.6 Å². The van der Waals surface area contributed by atoms with E-state index in [1.54, 1.807) is 37.3 Å². The van der Waals surface area contributed by atoms with Crippen LogP contribution in [-0.2, 0) is 14.8 Å². The number of benzene rings is 3. The number of anilines is 1. The van der Waals surface area contributed by atoms with Crippen LogP contribution < -0.4 is 9.73 Å². The van der Waals surface area contributed by atoms with Crippen molar-refractivity contribution < 1.29 is 13.2 Å². The highest BCUT2D eigenvalue weighted by atomic mass is 35.5. The Morgan fingerprint density at radius 3 is 2.41 bits per heavy atom. The van der Waals surface area contributed by atoms with E-state index in [-0.39, 0.29) is 4.90 Å². The fourth-order valence-electron chi connectivity index (χ4n) is 4.30. The third-order valence-corrected chi connectivity index (χ3v) is 8.87. The highest BCUT2D eigenvalue weighted by molar-refractivity contribution is 7.92. The van der Waals surface area contributed by atoms with Gasteiger partial charge in [0.05, 0.1) is 32.5 Å². The van der Waals surface area contributed by atoms with E-state index >= 15 is 0 Å². The number of amides is 1. The van der Waals surface area contributed by atoms with E-state index in [1.807, 2.05) is 55.7 Å². The number of aromatic nitrogens is 1. The van der Waals surface area contributed by atoms with Crippen LogP contribution in [0.25, 0.3) is 5.69 Å².